The third kappa shape index (κ3) is 4.40. The van der Waals surface area contributed by atoms with E-state index in [4.69, 9.17) is 21.7 Å². The maximum absolute atomic E-state index is 13.0. The van der Waals surface area contributed by atoms with Crippen LogP contribution in [0.2, 0.25) is 0 Å². The summed E-state index contributed by atoms with van der Waals surface area (Å²) in [5.74, 6) is 1.12. The predicted octanol–water partition coefficient (Wildman–Crippen LogP) is 5.98. The molecule has 2 aromatic carbocycles. The van der Waals surface area contributed by atoms with Crippen molar-refractivity contribution in [2.75, 3.05) is 24.9 Å². The maximum Gasteiger partial charge on any atom is 0.270 e. The van der Waals surface area contributed by atoms with Crippen molar-refractivity contribution in [2.24, 2.45) is 0 Å². The molecule has 1 fully saturated rings. The van der Waals surface area contributed by atoms with E-state index in [-0.39, 0.29) is 5.91 Å². The number of rotatable bonds is 6. The number of anilines is 1. The largest absolute Gasteiger partial charge is 0.492 e. The molecule has 146 valence electrons. The highest BCUT2D eigenvalue weighted by molar-refractivity contribution is 9.10. The van der Waals surface area contributed by atoms with Crippen molar-refractivity contribution < 1.29 is 14.3 Å². The van der Waals surface area contributed by atoms with Crippen LogP contribution in [0.5, 0.6) is 11.5 Å². The van der Waals surface area contributed by atoms with Gasteiger partial charge in [-0.3, -0.25) is 9.69 Å². The molecular formula is C20H18BrNO3S3. The van der Waals surface area contributed by atoms with Crippen molar-refractivity contribution in [3.63, 3.8) is 0 Å². The summed E-state index contributed by atoms with van der Waals surface area (Å²) < 4.78 is 12.3. The number of amides is 1. The highest BCUT2D eigenvalue weighted by atomic mass is 79.9. The van der Waals surface area contributed by atoms with Crippen LogP contribution in [0.25, 0.3) is 6.08 Å². The number of nitrogens with zero attached hydrogens (tertiary/aromatic N) is 1. The zero-order valence-electron chi connectivity index (χ0n) is 15.5. The third-order valence-electron chi connectivity index (χ3n) is 3.94. The van der Waals surface area contributed by atoms with Crippen LogP contribution in [-0.2, 0) is 4.79 Å². The molecule has 1 aliphatic heterocycles. The Morgan fingerprint density at radius 2 is 2.11 bits per heavy atom. The van der Waals surface area contributed by atoms with Gasteiger partial charge in [-0.1, -0.05) is 30.0 Å². The minimum absolute atomic E-state index is 0.127. The molecule has 28 heavy (non-hydrogen) atoms. The Hall–Kier alpha value is -1.48. The summed E-state index contributed by atoms with van der Waals surface area (Å²) in [5.41, 5.74) is 1.61. The lowest BCUT2D eigenvalue weighted by Gasteiger charge is -2.15. The van der Waals surface area contributed by atoms with Crippen molar-refractivity contribution in [3.8, 4) is 11.5 Å². The molecule has 2 aromatic rings. The molecule has 0 bridgehead atoms. The highest BCUT2D eigenvalue weighted by Gasteiger charge is 2.33. The van der Waals surface area contributed by atoms with Crippen LogP contribution in [0.15, 0.2) is 50.7 Å². The van der Waals surface area contributed by atoms with Gasteiger partial charge in [0, 0.05) is 4.90 Å². The predicted molar refractivity (Wildman–Crippen MR) is 126 cm³/mol. The highest BCUT2D eigenvalue weighted by Crippen LogP contribution is 2.40. The maximum atomic E-state index is 13.0. The summed E-state index contributed by atoms with van der Waals surface area (Å²) in [4.78, 5) is 16.2. The molecule has 1 aliphatic rings. The topological polar surface area (TPSA) is 38.8 Å². The van der Waals surface area contributed by atoms with E-state index in [0.717, 1.165) is 20.6 Å². The second kappa shape index (κ2) is 9.35. The lowest BCUT2D eigenvalue weighted by molar-refractivity contribution is -0.113. The molecule has 8 heteroatoms. The average molecular weight is 496 g/mol. The van der Waals surface area contributed by atoms with Gasteiger partial charge >= 0.3 is 0 Å². The molecule has 3 rings (SSSR count). The lowest BCUT2D eigenvalue weighted by atomic mass is 10.1. The van der Waals surface area contributed by atoms with Gasteiger partial charge in [0.1, 0.15) is 0 Å². The van der Waals surface area contributed by atoms with E-state index in [1.54, 1.807) is 23.8 Å². The van der Waals surface area contributed by atoms with E-state index in [9.17, 15) is 4.79 Å². The van der Waals surface area contributed by atoms with E-state index >= 15 is 0 Å². The van der Waals surface area contributed by atoms with Gasteiger partial charge in [-0.2, -0.15) is 0 Å². The molecule has 0 atom stereocenters. The quantitative estimate of drug-likeness (QED) is 0.278. The van der Waals surface area contributed by atoms with Crippen molar-refractivity contribution in [3.05, 3.63) is 51.3 Å². The first-order chi connectivity index (χ1) is 13.5. The smallest absolute Gasteiger partial charge is 0.270 e. The fourth-order valence-electron chi connectivity index (χ4n) is 2.72. The van der Waals surface area contributed by atoms with Gasteiger partial charge in [-0.15, -0.1) is 11.8 Å². The van der Waals surface area contributed by atoms with Crippen LogP contribution in [0.1, 0.15) is 12.5 Å². The van der Waals surface area contributed by atoms with E-state index < -0.39 is 0 Å². The van der Waals surface area contributed by atoms with Crippen LogP contribution >= 0.6 is 51.7 Å². The summed E-state index contributed by atoms with van der Waals surface area (Å²) in [6, 6.07) is 11.5. The van der Waals surface area contributed by atoms with Crippen molar-refractivity contribution in [1.82, 2.24) is 0 Å². The number of thioether (sulfide) groups is 2. The number of halogens is 1. The van der Waals surface area contributed by atoms with Crippen LogP contribution in [0.3, 0.4) is 0 Å². The molecule has 0 unspecified atom stereocenters. The zero-order chi connectivity index (χ0) is 20.3. The van der Waals surface area contributed by atoms with Crippen molar-refractivity contribution >= 4 is 73.7 Å². The van der Waals surface area contributed by atoms with Gasteiger partial charge in [0.25, 0.3) is 5.91 Å². The van der Waals surface area contributed by atoms with Crippen LogP contribution in [0, 0.1) is 0 Å². The fraction of sp³-hybridized carbons (Fsp3) is 0.200. The third-order valence-corrected chi connectivity index (χ3v) is 6.56. The molecule has 0 aromatic heterocycles. The molecule has 0 aliphatic carbocycles. The number of benzene rings is 2. The van der Waals surface area contributed by atoms with Gasteiger partial charge in [0.2, 0.25) is 0 Å². The SMILES string of the molecule is CCOc1cc(/C=C2/SC(=S)N(c3cccc(SC)c3)C2=O)cc(Br)c1OC. The molecule has 4 nitrogen and oxygen atoms in total. The minimum Gasteiger partial charge on any atom is -0.492 e. The summed E-state index contributed by atoms with van der Waals surface area (Å²) >= 11 is 11.9. The number of methoxy groups -OCH3 is 1. The van der Waals surface area contributed by atoms with E-state index in [2.05, 4.69) is 15.9 Å². The molecule has 0 radical (unpaired) electrons. The van der Waals surface area contributed by atoms with E-state index in [1.807, 2.05) is 55.7 Å². The number of ether oxygens (including phenoxy) is 2. The van der Waals surface area contributed by atoms with Gasteiger partial charge in [-0.05, 0) is 71.1 Å². The first-order valence-corrected chi connectivity index (χ1v) is 11.6. The Bertz CT molecular complexity index is 962. The molecule has 0 saturated carbocycles. The summed E-state index contributed by atoms with van der Waals surface area (Å²) in [5, 5.41) is 0. The lowest BCUT2D eigenvalue weighted by Crippen LogP contribution is -2.27. The van der Waals surface area contributed by atoms with Gasteiger partial charge in [-0.25, -0.2) is 0 Å². The Balaban J connectivity index is 1.95. The van der Waals surface area contributed by atoms with Gasteiger partial charge < -0.3 is 9.47 Å². The zero-order valence-corrected chi connectivity index (χ0v) is 19.6. The van der Waals surface area contributed by atoms with Crippen LogP contribution in [0.4, 0.5) is 5.69 Å². The molecule has 1 heterocycles. The summed E-state index contributed by atoms with van der Waals surface area (Å²) in [7, 11) is 1.59. The number of carbonyl (C=O) groups excluding carboxylic acids is 1. The molecular weight excluding hydrogens is 478 g/mol. The van der Waals surface area contributed by atoms with Gasteiger partial charge in [0.05, 0.1) is 28.8 Å². The minimum atomic E-state index is -0.127. The standard InChI is InChI=1S/C20H18BrNO3S3/c1-4-25-16-9-12(8-15(21)18(16)24-2)10-17-19(23)22(20(26)28-17)13-6-5-7-14(11-13)27-3/h5-11H,4H2,1-3H3/b17-10+. The molecule has 1 saturated heterocycles. The molecule has 1 amide bonds. The van der Waals surface area contributed by atoms with Crippen LogP contribution in [-0.4, -0.2) is 30.2 Å². The fourth-order valence-corrected chi connectivity index (χ4v) is 5.10. The first-order valence-electron chi connectivity index (χ1n) is 8.40. The average Bonchev–Trinajstić information content (AvgIpc) is 2.95. The number of thiocarbonyl (C=S) groups is 1. The first kappa shape index (κ1) is 21.2. The molecule has 0 spiro atoms. The number of hydrogen-bond acceptors (Lipinski definition) is 6. The van der Waals surface area contributed by atoms with Gasteiger partial charge in [0.15, 0.2) is 15.8 Å². The second-order valence-electron chi connectivity index (χ2n) is 5.69. The summed E-state index contributed by atoms with van der Waals surface area (Å²) in [6.07, 6.45) is 3.82. The van der Waals surface area contributed by atoms with E-state index in [0.29, 0.717) is 27.3 Å². The Labute approximate surface area is 186 Å². The van der Waals surface area contributed by atoms with Crippen molar-refractivity contribution in [1.29, 1.82) is 0 Å². The summed E-state index contributed by atoms with van der Waals surface area (Å²) in [6.45, 7) is 2.42. The van der Waals surface area contributed by atoms with E-state index in [1.165, 1.54) is 11.8 Å². The Morgan fingerprint density at radius 3 is 2.79 bits per heavy atom. The monoisotopic (exact) mass is 495 g/mol. The number of carbonyl (C=O) groups is 1. The molecule has 0 N–H and O–H groups in total. The Kier molecular flexibility index (Phi) is 7.09. The normalized spacial score (nSPS) is 15.4. The van der Waals surface area contributed by atoms with Crippen molar-refractivity contribution in [2.45, 2.75) is 11.8 Å². The number of hydrogen-bond donors (Lipinski definition) is 0. The second-order valence-corrected chi connectivity index (χ2v) is 9.10. The Morgan fingerprint density at radius 1 is 1.32 bits per heavy atom. The van der Waals surface area contributed by atoms with Crippen LogP contribution < -0.4 is 14.4 Å².